The number of carbonyl (C=O) groups is 1. The highest BCUT2D eigenvalue weighted by Gasteiger charge is 2.23. The lowest BCUT2D eigenvalue weighted by molar-refractivity contribution is 0.102. The lowest BCUT2D eigenvalue weighted by Crippen LogP contribution is -2.26. The molecule has 1 aromatic carbocycles. The Morgan fingerprint density at radius 3 is 2.19 bits per heavy atom. The first-order valence-corrected chi connectivity index (χ1v) is 10.4. The average molecular weight is 485 g/mol. The molecule has 0 radical (unpaired) electrons. The van der Waals surface area contributed by atoms with Crippen LogP contribution < -0.4 is 10.7 Å². The van der Waals surface area contributed by atoms with E-state index in [0.29, 0.717) is 22.4 Å². The number of amides is 1. The smallest absolute Gasteiger partial charge is 0.263 e. The summed E-state index contributed by atoms with van der Waals surface area (Å²) in [6.45, 7) is 7.77. The first-order chi connectivity index (χ1) is 12.3. The highest BCUT2D eigenvalue weighted by molar-refractivity contribution is 9.10. The van der Waals surface area contributed by atoms with Gasteiger partial charge in [0.05, 0.1) is 0 Å². The molecule has 0 spiro atoms. The number of carbonyl (C=O) groups excluding carboxylic acids is 1. The highest BCUT2D eigenvalue weighted by Crippen LogP contribution is 2.28. The van der Waals surface area contributed by atoms with Crippen LogP contribution in [-0.2, 0) is 19.3 Å². The average Bonchev–Trinajstić information content (AvgIpc) is 2.61. The van der Waals surface area contributed by atoms with Crippen LogP contribution in [0.15, 0.2) is 30.3 Å². The topological polar surface area (TPSA) is 59.3 Å². The van der Waals surface area contributed by atoms with Crippen LogP contribution in [0.5, 0.6) is 0 Å². The number of anilines is 1. The van der Waals surface area contributed by atoms with Crippen LogP contribution in [0.2, 0.25) is 0 Å². The van der Waals surface area contributed by atoms with Crippen molar-refractivity contribution < 1.29 is 9.21 Å². The summed E-state index contributed by atoms with van der Waals surface area (Å²) in [6, 6.07) is 3.99. The third-order valence-electron chi connectivity index (χ3n) is 4.26. The summed E-state index contributed by atoms with van der Waals surface area (Å²) in [5.41, 5.74) is 2.58. The minimum Gasteiger partial charge on any atom is -0.464 e. The molecule has 1 heterocycles. The van der Waals surface area contributed by atoms with E-state index < -0.39 is 5.91 Å². The fourth-order valence-electron chi connectivity index (χ4n) is 2.93. The molecule has 0 fully saturated rings. The van der Waals surface area contributed by atoms with E-state index in [1.165, 1.54) is 0 Å². The molecule has 4 nitrogen and oxygen atoms in total. The number of hydrogen-bond acceptors (Lipinski definition) is 3. The Labute approximate surface area is 170 Å². The molecule has 0 aliphatic heterocycles. The fourth-order valence-corrected chi connectivity index (χ4v) is 3.76. The van der Waals surface area contributed by atoms with Crippen LogP contribution in [-0.4, -0.2) is 5.91 Å². The predicted molar refractivity (Wildman–Crippen MR) is 112 cm³/mol. The third-order valence-corrected chi connectivity index (χ3v) is 5.64. The standard InChI is InChI=1S/C20H23Br2NO3/c1-5-8-15-16(19(24)17(22)11(4)26-15)20(25)23-18-12(6-2)9-14(21)10-13(18)7-3/h9-10H,5-8H2,1-4H3,(H,23,25). The molecule has 0 saturated heterocycles. The van der Waals surface area contributed by atoms with Crippen molar-refractivity contribution in [2.24, 2.45) is 0 Å². The van der Waals surface area contributed by atoms with Gasteiger partial charge in [-0.25, -0.2) is 0 Å². The minimum absolute atomic E-state index is 0.0800. The molecule has 140 valence electrons. The van der Waals surface area contributed by atoms with Gasteiger partial charge >= 0.3 is 0 Å². The van der Waals surface area contributed by atoms with Crippen molar-refractivity contribution in [2.75, 3.05) is 5.32 Å². The maximum atomic E-state index is 13.0. The van der Waals surface area contributed by atoms with Crippen LogP contribution in [0.4, 0.5) is 5.69 Å². The van der Waals surface area contributed by atoms with Gasteiger partial charge in [0.25, 0.3) is 5.91 Å². The minimum atomic E-state index is -0.422. The van der Waals surface area contributed by atoms with E-state index in [0.717, 1.165) is 40.5 Å². The van der Waals surface area contributed by atoms with E-state index in [9.17, 15) is 9.59 Å². The van der Waals surface area contributed by atoms with Crippen LogP contribution in [0.1, 0.15) is 60.2 Å². The number of hydrogen-bond donors (Lipinski definition) is 1. The molecule has 26 heavy (non-hydrogen) atoms. The summed E-state index contributed by atoms with van der Waals surface area (Å²) in [6.07, 6.45) is 2.86. The molecule has 1 amide bonds. The summed E-state index contributed by atoms with van der Waals surface area (Å²) in [4.78, 5) is 25.7. The van der Waals surface area contributed by atoms with Crippen LogP contribution in [0.25, 0.3) is 0 Å². The molecule has 0 unspecified atom stereocenters. The lowest BCUT2D eigenvalue weighted by atomic mass is 10.0. The Bertz CT molecular complexity index is 862. The van der Waals surface area contributed by atoms with Crippen LogP contribution in [0, 0.1) is 6.92 Å². The van der Waals surface area contributed by atoms with Gasteiger partial charge in [-0.15, -0.1) is 0 Å². The van der Waals surface area contributed by atoms with Gasteiger partial charge in [0.1, 0.15) is 21.6 Å². The second kappa shape index (κ2) is 9.00. The van der Waals surface area contributed by atoms with Gasteiger partial charge in [-0.1, -0.05) is 36.7 Å². The number of benzene rings is 1. The van der Waals surface area contributed by atoms with E-state index in [2.05, 4.69) is 37.2 Å². The maximum Gasteiger partial charge on any atom is 0.263 e. The molecule has 1 N–H and O–H groups in total. The molecule has 6 heteroatoms. The molecule has 2 rings (SSSR count). The first kappa shape index (κ1) is 20.9. The second-order valence-corrected chi connectivity index (χ2v) is 7.82. The van der Waals surface area contributed by atoms with Gasteiger partial charge in [0, 0.05) is 16.6 Å². The summed E-state index contributed by atoms with van der Waals surface area (Å²) in [5.74, 6) is 0.501. The number of rotatable bonds is 6. The predicted octanol–water partition coefficient (Wildman–Crippen LogP) is 5.80. The summed E-state index contributed by atoms with van der Waals surface area (Å²) >= 11 is 6.76. The Morgan fingerprint density at radius 1 is 1.12 bits per heavy atom. The molecule has 0 saturated carbocycles. The lowest BCUT2D eigenvalue weighted by Gasteiger charge is -2.16. The molecule has 0 bridgehead atoms. The van der Waals surface area contributed by atoms with Crippen molar-refractivity contribution in [1.29, 1.82) is 0 Å². The van der Waals surface area contributed by atoms with E-state index in [4.69, 9.17) is 4.42 Å². The van der Waals surface area contributed by atoms with Crippen molar-refractivity contribution in [2.45, 2.75) is 53.4 Å². The SMILES string of the molecule is CCCc1oc(C)c(Br)c(=O)c1C(=O)Nc1c(CC)cc(Br)cc1CC. The number of halogens is 2. The number of nitrogens with one attached hydrogen (secondary N) is 1. The molecular formula is C20H23Br2NO3. The molecule has 0 atom stereocenters. The van der Waals surface area contributed by atoms with Crippen LogP contribution >= 0.6 is 31.9 Å². The largest absolute Gasteiger partial charge is 0.464 e. The zero-order valence-electron chi connectivity index (χ0n) is 15.5. The highest BCUT2D eigenvalue weighted by atomic mass is 79.9. The summed E-state index contributed by atoms with van der Waals surface area (Å²) in [7, 11) is 0. The van der Waals surface area contributed by atoms with Crippen molar-refractivity contribution >= 4 is 43.5 Å². The Hall–Kier alpha value is -1.40. The monoisotopic (exact) mass is 483 g/mol. The van der Waals surface area contributed by atoms with Gasteiger partial charge in [-0.2, -0.15) is 0 Å². The van der Waals surface area contributed by atoms with Crippen molar-refractivity contribution in [3.8, 4) is 0 Å². The molecule has 2 aromatic rings. The normalized spacial score (nSPS) is 10.8. The second-order valence-electron chi connectivity index (χ2n) is 6.11. The first-order valence-electron chi connectivity index (χ1n) is 8.78. The van der Waals surface area contributed by atoms with E-state index in [-0.39, 0.29) is 11.0 Å². The van der Waals surface area contributed by atoms with Crippen molar-refractivity contribution in [1.82, 2.24) is 0 Å². The van der Waals surface area contributed by atoms with Crippen molar-refractivity contribution in [3.63, 3.8) is 0 Å². The Balaban J connectivity index is 2.56. The quantitative estimate of drug-likeness (QED) is 0.563. The molecular weight excluding hydrogens is 462 g/mol. The van der Waals surface area contributed by atoms with E-state index >= 15 is 0 Å². The fraction of sp³-hybridized carbons (Fsp3) is 0.400. The third kappa shape index (κ3) is 4.29. The van der Waals surface area contributed by atoms with Gasteiger partial charge in [-0.05, 0) is 65.4 Å². The zero-order valence-corrected chi connectivity index (χ0v) is 18.6. The van der Waals surface area contributed by atoms with Crippen molar-refractivity contribution in [3.05, 3.63) is 59.5 Å². The maximum absolute atomic E-state index is 13.0. The Kier molecular flexibility index (Phi) is 7.24. The van der Waals surface area contributed by atoms with Gasteiger partial charge in [0.2, 0.25) is 5.43 Å². The number of aryl methyl sites for hydroxylation is 4. The molecule has 0 aliphatic carbocycles. The summed E-state index contributed by atoms with van der Waals surface area (Å²) < 4.78 is 7.01. The molecule has 0 aliphatic rings. The summed E-state index contributed by atoms with van der Waals surface area (Å²) in [5, 5.41) is 2.97. The Morgan fingerprint density at radius 2 is 1.69 bits per heavy atom. The van der Waals surface area contributed by atoms with Gasteiger partial charge in [0.15, 0.2) is 0 Å². The van der Waals surface area contributed by atoms with Gasteiger partial charge in [-0.3, -0.25) is 9.59 Å². The van der Waals surface area contributed by atoms with Gasteiger partial charge < -0.3 is 9.73 Å². The van der Waals surface area contributed by atoms with E-state index in [1.54, 1.807) is 6.92 Å². The molecule has 1 aromatic heterocycles. The van der Waals surface area contributed by atoms with E-state index in [1.807, 2.05) is 32.9 Å². The van der Waals surface area contributed by atoms with Crippen LogP contribution in [0.3, 0.4) is 0 Å². The zero-order chi connectivity index (χ0) is 19.4.